The molecule has 0 aromatic carbocycles. The van der Waals surface area contributed by atoms with Crippen LogP contribution in [-0.2, 0) is 9.53 Å². The molecular formula is C12H14BrN3O4. The van der Waals surface area contributed by atoms with Crippen molar-refractivity contribution in [1.29, 1.82) is 0 Å². The molecule has 1 saturated heterocycles. The second-order valence-electron chi connectivity index (χ2n) is 4.36. The number of carbonyl (C=O) groups excluding carboxylic acids is 1. The van der Waals surface area contributed by atoms with Gasteiger partial charge in [0.1, 0.15) is 18.1 Å². The molecule has 0 saturated carbocycles. The lowest BCUT2D eigenvalue weighted by molar-refractivity contribution is -0.385. The minimum Gasteiger partial charge on any atom is -0.464 e. The van der Waals surface area contributed by atoms with E-state index in [0.717, 1.165) is 6.42 Å². The van der Waals surface area contributed by atoms with Crippen LogP contribution in [0.5, 0.6) is 0 Å². The molecule has 0 N–H and O–H groups in total. The van der Waals surface area contributed by atoms with E-state index in [1.54, 1.807) is 6.92 Å². The summed E-state index contributed by atoms with van der Waals surface area (Å²) in [6.07, 6.45) is 2.75. The molecular weight excluding hydrogens is 330 g/mol. The number of hydrogen-bond acceptors (Lipinski definition) is 6. The molecule has 0 spiro atoms. The molecule has 8 heteroatoms. The number of nitro groups is 1. The maximum absolute atomic E-state index is 11.9. The minimum atomic E-state index is -0.506. The summed E-state index contributed by atoms with van der Waals surface area (Å²) >= 11 is 3.28. The van der Waals surface area contributed by atoms with Crippen LogP contribution in [0.15, 0.2) is 16.7 Å². The third kappa shape index (κ3) is 2.90. The predicted octanol–water partition coefficient (Wildman–Crippen LogP) is 2.28. The van der Waals surface area contributed by atoms with Gasteiger partial charge in [-0.15, -0.1) is 0 Å². The van der Waals surface area contributed by atoms with Crippen molar-refractivity contribution in [2.45, 2.75) is 25.8 Å². The minimum absolute atomic E-state index is 0.0903. The highest BCUT2D eigenvalue weighted by Crippen LogP contribution is 2.32. The Labute approximate surface area is 124 Å². The molecule has 0 radical (unpaired) electrons. The summed E-state index contributed by atoms with van der Waals surface area (Å²) in [7, 11) is 0. The van der Waals surface area contributed by atoms with Crippen molar-refractivity contribution in [2.75, 3.05) is 18.1 Å². The maximum atomic E-state index is 11.9. The molecule has 0 aliphatic carbocycles. The van der Waals surface area contributed by atoms with E-state index in [-0.39, 0.29) is 17.7 Å². The first-order valence-electron chi connectivity index (χ1n) is 6.27. The summed E-state index contributed by atoms with van der Waals surface area (Å²) in [5, 5.41) is 10.7. The fraction of sp³-hybridized carbons (Fsp3) is 0.500. The summed E-state index contributed by atoms with van der Waals surface area (Å²) < 4.78 is 5.55. The topological polar surface area (TPSA) is 85.6 Å². The highest BCUT2D eigenvalue weighted by atomic mass is 79.9. The molecule has 1 unspecified atom stereocenters. The Bertz CT molecular complexity index is 537. The van der Waals surface area contributed by atoms with E-state index in [2.05, 4.69) is 20.9 Å². The zero-order chi connectivity index (χ0) is 14.7. The molecule has 1 aromatic rings. The van der Waals surface area contributed by atoms with Gasteiger partial charge in [0.05, 0.1) is 16.0 Å². The number of anilines is 1. The van der Waals surface area contributed by atoms with Crippen molar-refractivity contribution in [3.63, 3.8) is 0 Å². The quantitative estimate of drug-likeness (QED) is 0.473. The van der Waals surface area contributed by atoms with Gasteiger partial charge in [-0.25, -0.2) is 9.78 Å². The number of nitrogens with zero attached hydrogens (tertiary/aromatic N) is 3. The van der Waals surface area contributed by atoms with Crippen molar-refractivity contribution in [1.82, 2.24) is 4.98 Å². The lowest BCUT2D eigenvalue weighted by Gasteiger charge is -2.24. The Morgan fingerprint density at radius 3 is 3.05 bits per heavy atom. The van der Waals surface area contributed by atoms with Crippen LogP contribution in [0.25, 0.3) is 0 Å². The van der Waals surface area contributed by atoms with Crippen molar-refractivity contribution in [2.24, 2.45) is 0 Å². The van der Waals surface area contributed by atoms with E-state index in [1.807, 2.05) is 4.90 Å². The monoisotopic (exact) mass is 343 g/mol. The lowest BCUT2D eigenvalue weighted by Crippen LogP contribution is -2.38. The van der Waals surface area contributed by atoms with E-state index >= 15 is 0 Å². The van der Waals surface area contributed by atoms with E-state index in [0.29, 0.717) is 29.9 Å². The Hall–Kier alpha value is -1.70. The predicted molar refractivity (Wildman–Crippen MR) is 75.6 cm³/mol. The molecule has 1 aliphatic heterocycles. The molecule has 1 fully saturated rings. The van der Waals surface area contributed by atoms with Gasteiger partial charge in [0.2, 0.25) is 0 Å². The van der Waals surface area contributed by atoms with Crippen molar-refractivity contribution < 1.29 is 14.5 Å². The maximum Gasteiger partial charge on any atom is 0.328 e. The van der Waals surface area contributed by atoms with Gasteiger partial charge in [-0.3, -0.25) is 10.1 Å². The Morgan fingerprint density at radius 1 is 1.70 bits per heavy atom. The van der Waals surface area contributed by atoms with E-state index in [9.17, 15) is 14.9 Å². The van der Waals surface area contributed by atoms with Gasteiger partial charge in [-0.2, -0.15) is 0 Å². The van der Waals surface area contributed by atoms with Crippen LogP contribution in [0.3, 0.4) is 0 Å². The number of aromatic nitrogens is 1. The number of halogens is 1. The molecule has 0 bridgehead atoms. The summed E-state index contributed by atoms with van der Waals surface area (Å²) in [5.74, 6) is 0.253. The van der Waals surface area contributed by atoms with Crippen molar-refractivity contribution in [3.05, 3.63) is 26.9 Å². The molecule has 20 heavy (non-hydrogen) atoms. The van der Waals surface area contributed by atoms with Gasteiger partial charge < -0.3 is 9.64 Å². The molecule has 2 rings (SSSR count). The Morgan fingerprint density at radius 2 is 2.45 bits per heavy atom. The van der Waals surface area contributed by atoms with E-state index in [1.165, 1.54) is 12.3 Å². The standard InChI is InChI=1S/C12H14BrN3O4/c1-2-20-12(17)10-4-3-5-15(10)11-9(13)6-8(7-14-11)16(18)19/h6-7,10H,2-5H2,1H3. The third-order valence-corrected chi connectivity index (χ3v) is 3.69. The normalized spacial score (nSPS) is 18.1. The first kappa shape index (κ1) is 14.7. The molecule has 108 valence electrons. The Balaban J connectivity index is 2.26. The first-order chi connectivity index (χ1) is 9.54. The van der Waals surface area contributed by atoms with Gasteiger partial charge in [0, 0.05) is 12.6 Å². The average molecular weight is 344 g/mol. The van der Waals surface area contributed by atoms with Crippen molar-refractivity contribution >= 4 is 33.4 Å². The molecule has 1 atom stereocenters. The van der Waals surface area contributed by atoms with Gasteiger partial charge in [0.25, 0.3) is 5.69 Å². The van der Waals surface area contributed by atoms with Gasteiger partial charge in [-0.1, -0.05) is 0 Å². The molecule has 1 aliphatic rings. The zero-order valence-corrected chi connectivity index (χ0v) is 12.5. The van der Waals surface area contributed by atoms with Crippen LogP contribution in [-0.4, -0.2) is 35.1 Å². The largest absolute Gasteiger partial charge is 0.464 e. The highest BCUT2D eigenvalue weighted by Gasteiger charge is 2.34. The summed E-state index contributed by atoms with van der Waals surface area (Å²) in [6.45, 7) is 2.77. The third-order valence-electron chi connectivity index (χ3n) is 3.10. The van der Waals surface area contributed by atoms with Gasteiger partial charge in [0.15, 0.2) is 0 Å². The van der Waals surface area contributed by atoms with E-state index < -0.39 is 4.92 Å². The number of esters is 1. The van der Waals surface area contributed by atoms with Gasteiger partial charge >= 0.3 is 5.97 Å². The molecule has 2 heterocycles. The molecule has 1 aromatic heterocycles. The number of rotatable bonds is 4. The summed E-state index contributed by atoms with van der Waals surface area (Å²) in [4.78, 5) is 28.0. The van der Waals surface area contributed by atoms with Crippen LogP contribution >= 0.6 is 15.9 Å². The average Bonchev–Trinajstić information content (AvgIpc) is 2.87. The summed E-state index contributed by atoms with van der Waals surface area (Å²) in [6, 6.07) is 1.02. The highest BCUT2D eigenvalue weighted by molar-refractivity contribution is 9.10. The SMILES string of the molecule is CCOC(=O)C1CCCN1c1ncc([N+](=O)[O-])cc1Br. The fourth-order valence-electron chi connectivity index (χ4n) is 2.24. The smallest absolute Gasteiger partial charge is 0.328 e. The number of ether oxygens (including phenoxy) is 1. The number of hydrogen-bond donors (Lipinski definition) is 0. The lowest BCUT2D eigenvalue weighted by atomic mass is 10.2. The van der Waals surface area contributed by atoms with Crippen LogP contribution in [0, 0.1) is 10.1 Å². The molecule has 0 amide bonds. The fourth-order valence-corrected chi connectivity index (χ4v) is 2.80. The van der Waals surface area contributed by atoms with Crippen LogP contribution in [0.1, 0.15) is 19.8 Å². The zero-order valence-electron chi connectivity index (χ0n) is 10.9. The second-order valence-corrected chi connectivity index (χ2v) is 5.21. The Kier molecular flexibility index (Phi) is 4.53. The summed E-state index contributed by atoms with van der Waals surface area (Å²) in [5.41, 5.74) is -0.0903. The van der Waals surface area contributed by atoms with Crippen molar-refractivity contribution in [3.8, 4) is 0 Å². The van der Waals surface area contributed by atoms with E-state index in [4.69, 9.17) is 4.74 Å². The van der Waals surface area contributed by atoms with Crippen LogP contribution < -0.4 is 4.90 Å². The first-order valence-corrected chi connectivity index (χ1v) is 7.07. The van der Waals surface area contributed by atoms with Gasteiger partial charge in [-0.05, 0) is 35.7 Å². The number of carbonyl (C=O) groups is 1. The molecule has 7 nitrogen and oxygen atoms in total. The van der Waals surface area contributed by atoms with Crippen LogP contribution in [0.4, 0.5) is 11.5 Å². The second kappa shape index (κ2) is 6.17. The number of pyridine rings is 1. The van der Waals surface area contributed by atoms with Crippen LogP contribution in [0.2, 0.25) is 0 Å².